The SMILES string of the molecule is Cc1cc2c(N)cccc2cn1.NCc1ccc(Br)cc1. The topological polar surface area (TPSA) is 64.9 Å². The lowest BCUT2D eigenvalue weighted by Gasteiger charge is -2.01. The standard InChI is InChI=1S/C10H10N2.C7H8BrN/c1-7-5-9-8(6-12-7)3-2-4-10(9)11;8-7-3-1-6(5-9)2-4-7/h2-6H,11H2,1H3;1-4H,5,9H2. The fraction of sp³-hybridized carbons (Fsp3) is 0.118. The highest BCUT2D eigenvalue weighted by molar-refractivity contribution is 9.10. The van der Waals surface area contributed by atoms with Crippen molar-refractivity contribution >= 4 is 32.4 Å². The van der Waals surface area contributed by atoms with Gasteiger partial charge in [0.05, 0.1) is 0 Å². The molecule has 1 aromatic heterocycles. The molecule has 1 heterocycles. The molecule has 3 aromatic rings. The Kier molecular flexibility index (Phi) is 5.31. The smallest absolute Gasteiger partial charge is 0.0394 e. The van der Waals surface area contributed by atoms with E-state index in [4.69, 9.17) is 11.5 Å². The van der Waals surface area contributed by atoms with Crippen LogP contribution in [0.4, 0.5) is 5.69 Å². The van der Waals surface area contributed by atoms with Gasteiger partial charge in [0.1, 0.15) is 0 Å². The highest BCUT2D eigenvalue weighted by atomic mass is 79.9. The van der Waals surface area contributed by atoms with Crippen LogP contribution in [0, 0.1) is 6.92 Å². The molecule has 4 N–H and O–H groups in total. The van der Waals surface area contributed by atoms with Crippen LogP contribution in [0.5, 0.6) is 0 Å². The van der Waals surface area contributed by atoms with Gasteiger partial charge in [-0.1, -0.05) is 40.2 Å². The Morgan fingerprint density at radius 3 is 2.48 bits per heavy atom. The Morgan fingerprint density at radius 2 is 1.81 bits per heavy atom. The zero-order valence-corrected chi connectivity index (χ0v) is 13.5. The van der Waals surface area contributed by atoms with Crippen molar-refractivity contribution in [1.82, 2.24) is 4.98 Å². The Hall–Kier alpha value is -1.91. The predicted octanol–water partition coefficient (Wildman–Crippen LogP) is 4.03. The summed E-state index contributed by atoms with van der Waals surface area (Å²) in [6.45, 7) is 2.58. The number of hydrogen-bond donors (Lipinski definition) is 2. The molecular weight excluding hydrogens is 326 g/mol. The molecule has 0 bridgehead atoms. The monoisotopic (exact) mass is 343 g/mol. The molecule has 0 saturated heterocycles. The molecule has 0 aliphatic carbocycles. The van der Waals surface area contributed by atoms with Gasteiger partial charge >= 0.3 is 0 Å². The molecule has 0 spiro atoms. The molecule has 3 nitrogen and oxygen atoms in total. The number of hydrogen-bond acceptors (Lipinski definition) is 3. The number of nitrogen functional groups attached to an aromatic ring is 1. The molecular formula is C17H18BrN3. The van der Waals surface area contributed by atoms with Gasteiger partial charge in [0.25, 0.3) is 0 Å². The fourth-order valence-corrected chi connectivity index (χ4v) is 2.18. The van der Waals surface area contributed by atoms with Crippen LogP contribution >= 0.6 is 15.9 Å². The molecule has 3 rings (SSSR count). The molecule has 0 unspecified atom stereocenters. The summed E-state index contributed by atoms with van der Waals surface area (Å²) in [7, 11) is 0. The lowest BCUT2D eigenvalue weighted by Crippen LogP contribution is -1.94. The maximum absolute atomic E-state index is 5.80. The molecule has 0 fully saturated rings. The first-order valence-electron chi connectivity index (χ1n) is 6.65. The van der Waals surface area contributed by atoms with Crippen LogP contribution in [-0.4, -0.2) is 4.98 Å². The van der Waals surface area contributed by atoms with Crippen LogP contribution in [0.3, 0.4) is 0 Å². The van der Waals surface area contributed by atoms with Crippen molar-refractivity contribution in [2.75, 3.05) is 5.73 Å². The number of nitrogens with two attached hydrogens (primary N) is 2. The van der Waals surface area contributed by atoms with Crippen LogP contribution in [0.2, 0.25) is 0 Å². The summed E-state index contributed by atoms with van der Waals surface area (Å²) in [4.78, 5) is 4.19. The van der Waals surface area contributed by atoms with Crippen LogP contribution in [-0.2, 0) is 6.54 Å². The summed E-state index contributed by atoms with van der Waals surface area (Å²) < 4.78 is 1.10. The van der Waals surface area contributed by atoms with E-state index < -0.39 is 0 Å². The van der Waals surface area contributed by atoms with E-state index >= 15 is 0 Å². The van der Waals surface area contributed by atoms with Crippen LogP contribution < -0.4 is 11.5 Å². The third kappa shape index (κ3) is 4.28. The number of fused-ring (bicyclic) bond motifs is 1. The van der Waals surface area contributed by atoms with Crippen molar-refractivity contribution in [3.05, 3.63) is 70.5 Å². The highest BCUT2D eigenvalue weighted by Crippen LogP contribution is 2.19. The van der Waals surface area contributed by atoms with Gasteiger partial charge in [0.15, 0.2) is 0 Å². The van der Waals surface area contributed by atoms with Crippen molar-refractivity contribution in [3.63, 3.8) is 0 Å². The van der Waals surface area contributed by atoms with E-state index in [0.29, 0.717) is 6.54 Å². The average molecular weight is 344 g/mol. The van der Waals surface area contributed by atoms with E-state index in [9.17, 15) is 0 Å². The molecule has 0 radical (unpaired) electrons. The van der Waals surface area contributed by atoms with E-state index in [2.05, 4.69) is 20.9 Å². The van der Waals surface area contributed by atoms with Gasteiger partial charge in [-0.05, 0) is 36.8 Å². The second kappa shape index (κ2) is 7.20. The van der Waals surface area contributed by atoms with Gasteiger partial charge in [-0.25, -0.2) is 0 Å². The maximum atomic E-state index is 5.80. The molecule has 0 aliphatic heterocycles. The summed E-state index contributed by atoms with van der Waals surface area (Å²) in [5, 5.41) is 2.19. The molecule has 2 aromatic carbocycles. The van der Waals surface area contributed by atoms with Crippen molar-refractivity contribution in [3.8, 4) is 0 Å². The Balaban J connectivity index is 0.000000161. The summed E-state index contributed by atoms with van der Waals surface area (Å²) in [5.41, 5.74) is 14.2. The lowest BCUT2D eigenvalue weighted by molar-refractivity contribution is 1.07. The fourth-order valence-electron chi connectivity index (χ4n) is 1.92. The van der Waals surface area contributed by atoms with E-state index in [1.807, 2.05) is 61.7 Å². The van der Waals surface area contributed by atoms with Crippen molar-refractivity contribution in [1.29, 1.82) is 0 Å². The first kappa shape index (κ1) is 15.5. The van der Waals surface area contributed by atoms with Gasteiger partial charge in [0.2, 0.25) is 0 Å². The Morgan fingerprint density at radius 1 is 1.10 bits per heavy atom. The minimum absolute atomic E-state index is 0.618. The Bertz CT molecular complexity index is 724. The number of aryl methyl sites for hydroxylation is 1. The normalized spacial score (nSPS) is 10.0. The largest absolute Gasteiger partial charge is 0.398 e. The number of pyridine rings is 1. The van der Waals surface area contributed by atoms with Crippen LogP contribution in [0.1, 0.15) is 11.3 Å². The van der Waals surface area contributed by atoms with E-state index in [1.54, 1.807) is 0 Å². The molecule has 0 atom stereocenters. The summed E-state index contributed by atoms with van der Waals surface area (Å²) in [6, 6.07) is 15.8. The quantitative estimate of drug-likeness (QED) is 0.655. The summed E-state index contributed by atoms with van der Waals surface area (Å²) >= 11 is 3.33. The van der Waals surface area contributed by atoms with E-state index in [1.165, 1.54) is 5.56 Å². The molecule has 0 aliphatic rings. The highest BCUT2D eigenvalue weighted by Gasteiger charge is 1.96. The van der Waals surface area contributed by atoms with E-state index in [-0.39, 0.29) is 0 Å². The van der Waals surface area contributed by atoms with Gasteiger partial charge in [-0.2, -0.15) is 0 Å². The van der Waals surface area contributed by atoms with E-state index in [0.717, 1.165) is 26.6 Å². The molecule has 21 heavy (non-hydrogen) atoms. The van der Waals surface area contributed by atoms with Gasteiger partial charge < -0.3 is 11.5 Å². The zero-order valence-electron chi connectivity index (χ0n) is 11.9. The molecule has 0 saturated carbocycles. The Labute approximate surface area is 133 Å². The third-order valence-electron chi connectivity index (χ3n) is 3.08. The first-order valence-corrected chi connectivity index (χ1v) is 7.45. The summed E-state index contributed by atoms with van der Waals surface area (Å²) in [5.74, 6) is 0. The van der Waals surface area contributed by atoms with Gasteiger partial charge in [-0.3, -0.25) is 4.98 Å². The maximum Gasteiger partial charge on any atom is 0.0394 e. The molecule has 0 amide bonds. The van der Waals surface area contributed by atoms with Gasteiger partial charge in [0, 0.05) is 39.4 Å². The lowest BCUT2D eigenvalue weighted by atomic mass is 10.1. The first-order chi connectivity index (χ1) is 10.1. The second-order valence-corrected chi connectivity index (χ2v) is 5.64. The van der Waals surface area contributed by atoms with Gasteiger partial charge in [-0.15, -0.1) is 0 Å². The van der Waals surface area contributed by atoms with Crippen molar-refractivity contribution < 1.29 is 0 Å². The molecule has 4 heteroatoms. The number of aromatic nitrogens is 1. The number of nitrogens with zero attached hydrogens (tertiary/aromatic N) is 1. The third-order valence-corrected chi connectivity index (χ3v) is 3.61. The number of benzene rings is 2. The number of anilines is 1. The predicted molar refractivity (Wildman–Crippen MR) is 92.9 cm³/mol. The number of halogens is 1. The number of rotatable bonds is 1. The molecule has 108 valence electrons. The minimum Gasteiger partial charge on any atom is -0.398 e. The zero-order chi connectivity index (χ0) is 15.2. The van der Waals surface area contributed by atoms with Crippen molar-refractivity contribution in [2.24, 2.45) is 5.73 Å². The minimum atomic E-state index is 0.618. The summed E-state index contributed by atoms with van der Waals surface area (Å²) in [6.07, 6.45) is 1.85. The second-order valence-electron chi connectivity index (χ2n) is 4.72. The van der Waals surface area contributed by atoms with Crippen LogP contribution in [0.25, 0.3) is 10.8 Å². The van der Waals surface area contributed by atoms with Crippen LogP contribution in [0.15, 0.2) is 59.2 Å². The van der Waals surface area contributed by atoms with Crippen molar-refractivity contribution in [2.45, 2.75) is 13.5 Å². The average Bonchev–Trinajstić information content (AvgIpc) is 2.50.